The molecule has 13 heteroatoms. The number of alkyl halides is 5. The molecular weight excluding hydrogens is 613 g/mol. The average molecular weight is 637 g/mol. The van der Waals surface area contributed by atoms with Gasteiger partial charge in [-0.15, -0.1) is 11.8 Å². The van der Waals surface area contributed by atoms with E-state index in [1.165, 1.54) is 30.7 Å². The molecule has 230 valence electrons. The number of hydrogen-bond donors (Lipinski definition) is 0. The Morgan fingerprint density at radius 3 is 2.39 bits per heavy atom. The summed E-state index contributed by atoms with van der Waals surface area (Å²) in [5.41, 5.74) is -2.26. The average Bonchev–Trinajstić information content (AvgIpc) is 3.41. The molecule has 1 aliphatic rings. The van der Waals surface area contributed by atoms with Gasteiger partial charge in [0.2, 0.25) is 0 Å². The van der Waals surface area contributed by atoms with Crippen molar-refractivity contribution in [3.05, 3.63) is 117 Å². The quantitative estimate of drug-likeness (QED) is 0.112. The zero-order valence-corrected chi connectivity index (χ0v) is 23.9. The maximum absolute atomic E-state index is 15.7. The maximum atomic E-state index is 15.7. The van der Waals surface area contributed by atoms with E-state index in [0.717, 1.165) is 36.0 Å². The zero-order chi connectivity index (χ0) is 31.8. The third-order valence-electron chi connectivity index (χ3n) is 7.23. The van der Waals surface area contributed by atoms with E-state index < -0.39 is 64.9 Å². The summed E-state index contributed by atoms with van der Waals surface area (Å²) in [6.45, 7) is -1.96. The maximum Gasteiger partial charge on any atom is 0.416 e. The predicted octanol–water partition coefficient (Wildman–Crippen LogP) is 8.01. The molecule has 0 N–H and O–H groups in total. The van der Waals surface area contributed by atoms with Gasteiger partial charge in [0.1, 0.15) is 18.6 Å². The summed E-state index contributed by atoms with van der Waals surface area (Å²) >= 11 is 1.14. The standard InChI is InChI=1S/C31H23F7N2O3S/c1-16-19(14-20-21(31(36,37)38)11-7-12-22(20)32)29-40(23(15-44-29)27(39-42-2)17-8-4-3-5-9-17)28(41)25(16)18-10-6-13-24(26(18)33)43-30(34)35/h3-13,23,30H,14-15H2,1-2H3/b39-27+. The Kier molecular flexibility index (Phi) is 8.78. The number of hydrogen-bond acceptors (Lipinski definition) is 5. The highest BCUT2D eigenvalue weighted by molar-refractivity contribution is 7.99. The van der Waals surface area contributed by atoms with Gasteiger partial charge in [0.25, 0.3) is 5.56 Å². The Morgan fingerprint density at radius 2 is 1.73 bits per heavy atom. The molecule has 0 bridgehead atoms. The second kappa shape index (κ2) is 12.4. The molecule has 1 aromatic heterocycles. The van der Waals surface area contributed by atoms with Crippen molar-refractivity contribution in [2.75, 3.05) is 12.9 Å². The Labute approximate surface area is 250 Å². The lowest BCUT2D eigenvalue weighted by atomic mass is 9.92. The highest BCUT2D eigenvalue weighted by Gasteiger charge is 2.38. The number of benzene rings is 3. The molecule has 0 aliphatic carbocycles. The summed E-state index contributed by atoms with van der Waals surface area (Å²) in [5, 5.41) is 4.37. The second-order valence-corrected chi connectivity index (χ2v) is 10.8. The number of fused-ring (bicyclic) bond motifs is 1. The van der Waals surface area contributed by atoms with Gasteiger partial charge < -0.3 is 9.57 Å². The Morgan fingerprint density at radius 1 is 1.02 bits per heavy atom. The molecule has 1 aliphatic heterocycles. The molecule has 0 fully saturated rings. The molecule has 0 saturated carbocycles. The van der Waals surface area contributed by atoms with Gasteiger partial charge in [-0.3, -0.25) is 9.36 Å². The van der Waals surface area contributed by atoms with E-state index in [1.807, 2.05) is 0 Å². The summed E-state index contributed by atoms with van der Waals surface area (Å²) in [5.74, 6) is -3.02. The fourth-order valence-corrected chi connectivity index (χ4v) is 6.68. The number of halogens is 7. The molecule has 5 nitrogen and oxygen atoms in total. The Balaban J connectivity index is 1.82. The van der Waals surface area contributed by atoms with Crippen molar-refractivity contribution in [3.8, 4) is 16.9 Å². The lowest BCUT2D eigenvalue weighted by Gasteiger charge is -2.22. The van der Waals surface area contributed by atoms with Gasteiger partial charge in [0, 0.05) is 28.9 Å². The normalized spacial score (nSPS) is 15.0. The molecule has 0 radical (unpaired) electrons. The van der Waals surface area contributed by atoms with E-state index in [9.17, 15) is 26.7 Å². The van der Waals surface area contributed by atoms with Crippen LogP contribution in [0.4, 0.5) is 30.7 Å². The van der Waals surface area contributed by atoms with Gasteiger partial charge in [-0.2, -0.15) is 22.0 Å². The third-order valence-corrected chi connectivity index (χ3v) is 8.43. The zero-order valence-electron chi connectivity index (χ0n) is 23.1. The van der Waals surface area contributed by atoms with Crippen molar-refractivity contribution in [2.24, 2.45) is 5.16 Å². The summed E-state index contributed by atoms with van der Waals surface area (Å²) in [6, 6.07) is 13.8. The third kappa shape index (κ3) is 5.80. The lowest BCUT2D eigenvalue weighted by Crippen LogP contribution is -2.32. The van der Waals surface area contributed by atoms with Crippen LogP contribution in [0, 0.1) is 18.6 Å². The molecule has 1 atom stereocenters. The number of oxime groups is 1. The SMILES string of the molecule is CO/N=C(\c1ccccc1)C1CSc2c(Cc3c(F)cccc3C(F)(F)F)c(C)c(-c3cccc(OC(F)F)c3F)c(=O)n21. The first-order chi connectivity index (χ1) is 20.9. The fourth-order valence-electron chi connectivity index (χ4n) is 5.31. The van der Waals surface area contributed by atoms with Crippen molar-refractivity contribution in [1.29, 1.82) is 0 Å². The van der Waals surface area contributed by atoms with Gasteiger partial charge in [0.15, 0.2) is 11.6 Å². The predicted molar refractivity (Wildman–Crippen MR) is 151 cm³/mol. The van der Waals surface area contributed by atoms with Crippen molar-refractivity contribution in [2.45, 2.75) is 37.2 Å². The van der Waals surface area contributed by atoms with Crippen LogP contribution in [0.2, 0.25) is 0 Å². The highest BCUT2D eigenvalue weighted by Crippen LogP contribution is 2.43. The molecule has 4 aromatic rings. The van der Waals surface area contributed by atoms with Gasteiger partial charge in [-0.1, -0.05) is 53.7 Å². The molecule has 1 unspecified atom stereocenters. The largest absolute Gasteiger partial charge is 0.432 e. The minimum Gasteiger partial charge on any atom is -0.432 e. The van der Waals surface area contributed by atoms with Crippen molar-refractivity contribution >= 4 is 17.5 Å². The first-order valence-corrected chi connectivity index (χ1v) is 14.1. The van der Waals surface area contributed by atoms with Crippen LogP contribution in [0.25, 0.3) is 11.1 Å². The van der Waals surface area contributed by atoms with Crippen molar-refractivity contribution in [1.82, 2.24) is 4.57 Å². The Hall–Kier alpha value is -4.26. The minimum absolute atomic E-state index is 0.0591. The van der Waals surface area contributed by atoms with E-state index in [-0.39, 0.29) is 27.5 Å². The number of nitrogens with zero attached hydrogens (tertiary/aromatic N) is 2. The summed E-state index contributed by atoms with van der Waals surface area (Å²) in [7, 11) is 1.31. The Bertz CT molecular complexity index is 1790. The number of pyridine rings is 1. The van der Waals surface area contributed by atoms with Gasteiger partial charge >= 0.3 is 12.8 Å². The number of ether oxygens (including phenoxy) is 1. The first kappa shape index (κ1) is 31.2. The molecule has 0 amide bonds. The fraction of sp³-hybridized carbons (Fsp3) is 0.226. The van der Waals surface area contributed by atoms with Crippen LogP contribution in [-0.2, 0) is 17.4 Å². The van der Waals surface area contributed by atoms with E-state index >= 15 is 8.78 Å². The van der Waals surface area contributed by atoms with Crippen LogP contribution >= 0.6 is 11.8 Å². The highest BCUT2D eigenvalue weighted by atomic mass is 32.2. The molecule has 0 spiro atoms. The second-order valence-electron chi connectivity index (χ2n) is 9.75. The van der Waals surface area contributed by atoms with Crippen LogP contribution in [0.1, 0.15) is 33.9 Å². The minimum atomic E-state index is -4.89. The van der Waals surface area contributed by atoms with E-state index in [4.69, 9.17) is 4.84 Å². The summed E-state index contributed by atoms with van der Waals surface area (Å²) < 4.78 is 104. The smallest absolute Gasteiger partial charge is 0.416 e. The van der Waals surface area contributed by atoms with Crippen LogP contribution in [0.15, 0.2) is 81.7 Å². The molecule has 0 saturated heterocycles. The van der Waals surface area contributed by atoms with E-state index in [1.54, 1.807) is 30.3 Å². The number of thioether (sulfide) groups is 1. The summed E-state index contributed by atoms with van der Waals surface area (Å²) in [6.07, 6.45) is -5.50. The van der Waals surface area contributed by atoms with Crippen LogP contribution in [0.5, 0.6) is 5.75 Å². The van der Waals surface area contributed by atoms with Crippen LogP contribution in [0.3, 0.4) is 0 Å². The molecule has 5 rings (SSSR count). The van der Waals surface area contributed by atoms with Crippen molar-refractivity contribution in [3.63, 3.8) is 0 Å². The van der Waals surface area contributed by atoms with E-state index in [0.29, 0.717) is 11.3 Å². The molecule has 2 heterocycles. The van der Waals surface area contributed by atoms with Crippen molar-refractivity contribution < 1.29 is 40.3 Å². The molecular formula is C31H23F7N2O3S. The van der Waals surface area contributed by atoms with E-state index in [2.05, 4.69) is 9.89 Å². The number of aromatic nitrogens is 1. The molecule has 3 aromatic carbocycles. The monoisotopic (exact) mass is 636 g/mol. The van der Waals surface area contributed by atoms with Gasteiger partial charge in [0.05, 0.1) is 22.2 Å². The van der Waals surface area contributed by atoms with Crippen LogP contribution in [-0.4, -0.2) is 29.8 Å². The molecule has 44 heavy (non-hydrogen) atoms. The number of rotatable bonds is 8. The lowest BCUT2D eigenvalue weighted by molar-refractivity contribution is -0.138. The summed E-state index contributed by atoms with van der Waals surface area (Å²) in [4.78, 5) is 19.3. The first-order valence-electron chi connectivity index (χ1n) is 13.1. The topological polar surface area (TPSA) is 52.8 Å². The van der Waals surface area contributed by atoms with Gasteiger partial charge in [-0.25, -0.2) is 8.78 Å². The van der Waals surface area contributed by atoms with Crippen LogP contribution < -0.4 is 10.3 Å². The van der Waals surface area contributed by atoms with Gasteiger partial charge in [-0.05, 0) is 36.2 Å².